The summed E-state index contributed by atoms with van der Waals surface area (Å²) in [5.41, 5.74) is 9.14. The summed E-state index contributed by atoms with van der Waals surface area (Å²) in [6, 6.07) is 54.8. The molecule has 0 N–H and O–H groups in total. The Kier molecular flexibility index (Phi) is 6.34. The van der Waals surface area contributed by atoms with Crippen LogP contribution in [0.25, 0.3) is 44.5 Å². The molecule has 0 aliphatic rings. The summed E-state index contributed by atoms with van der Waals surface area (Å²) in [7, 11) is 0. The summed E-state index contributed by atoms with van der Waals surface area (Å²) in [6.07, 6.45) is 0. The molecule has 37 heavy (non-hydrogen) atoms. The molecule has 0 bridgehead atoms. The van der Waals surface area contributed by atoms with E-state index >= 15 is 0 Å². The Hall–Kier alpha value is -4.88. The number of ether oxygens (including phenoxy) is 1. The van der Waals surface area contributed by atoms with Crippen molar-refractivity contribution in [1.29, 1.82) is 0 Å². The second-order valence-electron chi connectivity index (χ2n) is 9.06. The molecule has 0 aromatic heterocycles. The summed E-state index contributed by atoms with van der Waals surface area (Å²) in [5.74, 6) is 1.62. The Balaban J connectivity index is 1.46. The van der Waals surface area contributed by atoms with Crippen molar-refractivity contribution in [3.05, 3.63) is 158 Å². The van der Waals surface area contributed by atoms with Gasteiger partial charge in [0.15, 0.2) is 0 Å². The van der Waals surface area contributed by atoms with E-state index in [0.717, 1.165) is 56.0 Å². The van der Waals surface area contributed by atoms with Gasteiger partial charge in [-0.1, -0.05) is 121 Å². The summed E-state index contributed by atoms with van der Waals surface area (Å²) < 4.78 is 6.63. The van der Waals surface area contributed by atoms with Crippen molar-refractivity contribution in [2.45, 2.75) is 0 Å². The Bertz CT molecular complexity index is 1370. The van der Waals surface area contributed by atoms with E-state index in [9.17, 15) is 0 Å². The fourth-order valence-electron chi connectivity index (χ4n) is 4.64. The molecule has 0 heterocycles. The molecule has 0 saturated carbocycles. The number of rotatable bonds is 6. The zero-order valence-corrected chi connectivity index (χ0v) is 20.4. The highest BCUT2D eigenvalue weighted by molar-refractivity contribution is 5.77. The highest BCUT2D eigenvalue weighted by Gasteiger charge is 2.10. The third-order valence-electron chi connectivity index (χ3n) is 6.48. The van der Waals surface area contributed by atoms with Crippen molar-refractivity contribution in [1.82, 2.24) is 0 Å². The van der Waals surface area contributed by atoms with Gasteiger partial charge in [-0.3, -0.25) is 0 Å². The first-order valence-electron chi connectivity index (χ1n) is 12.5. The van der Waals surface area contributed by atoms with Crippen molar-refractivity contribution in [2.75, 3.05) is 0 Å². The average molecular weight is 475 g/mol. The maximum Gasteiger partial charge on any atom is 0.128 e. The smallest absolute Gasteiger partial charge is 0.128 e. The van der Waals surface area contributed by atoms with Crippen LogP contribution in [0.4, 0.5) is 0 Å². The Morgan fingerprint density at radius 1 is 0.243 bits per heavy atom. The van der Waals surface area contributed by atoms with Crippen LogP contribution in [-0.4, -0.2) is 0 Å². The Morgan fingerprint density at radius 2 is 0.486 bits per heavy atom. The van der Waals surface area contributed by atoms with Crippen LogP contribution in [-0.2, 0) is 0 Å². The fraction of sp³-hybridized carbons (Fsp3) is 0. The van der Waals surface area contributed by atoms with Crippen LogP contribution >= 0.6 is 0 Å². The quantitative estimate of drug-likeness (QED) is 0.233. The largest absolute Gasteiger partial charge is 0.457 e. The lowest BCUT2D eigenvalue weighted by Crippen LogP contribution is -1.90. The second kappa shape index (κ2) is 10.4. The van der Waals surface area contributed by atoms with Gasteiger partial charge in [-0.05, 0) is 80.9 Å². The van der Waals surface area contributed by atoms with Gasteiger partial charge in [0, 0.05) is 0 Å². The van der Waals surface area contributed by atoms with E-state index in [1.807, 2.05) is 24.3 Å². The zero-order valence-electron chi connectivity index (χ0n) is 20.4. The van der Waals surface area contributed by atoms with Gasteiger partial charge in [0.25, 0.3) is 0 Å². The first-order chi connectivity index (χ1) is 18.3. The molecule has 0 fully saturated rings. The third-order valence-corrected chi connectivity index (χ3v) is 6.48. The van der Waals surface area contributed by atoms with Gasteiger partial charge in [-0.2, -0.15) is 0 Å². The third kappa shape index (κ3) is 5.22. The van der Waals surface area contributed by atoms with Crippen LogP contribution in [0.5, 0.6) is 11.5 Å². The zero-order chi connectivity index (χ0) is 24.9. The molecule has 0 saturated heterocycles. The van der Waals surface area contributed by atoms with Crippen molar-refractivity contribution < 1.29 is 4.74 Å². The normalized spacial score (nSPS) is 10.7. The average Bonchev–Trinajstić information content (AvgIpc) is 2.99. The minimum absolute atomic E-state index is 0.810. The van der Waals surface area contributed by atoms with Crippen LogP contribution in [0.3, 0.4) is 0 Å². The predicted octanol–water partition coefficient (Wildman–Crippen LogP) is 10.1. The Morgan fingerprint density at radius 3 is 0.730 bits per heavy atom. The molecule has 0 aliphatic heterocycles. The van der Waals surface area contributed by atoms with Gasteiger partial charge in [0.05, 0.1) is 0 Å². The maximum atomic E-state index is 6.63. The van der Waals surface area contributed by atoms with Crippen LogP contribution in [0.15, 0.2) is 158 Å². The highest BCUT2D eigenvalue weighted by Crippen LogP contribution is 2.37. The van der Waals surface area contributed by atoms with Gasteiger partial charge in [0.1, 0.15) is 11.5 Å². The first-order valence-corrected chi connectivity index (χ1v) is 12.5. The standard InChI is InChI=1S/C36H26O/c1-5-13-27(14-6-1)31-21-32(28-15-7-2-8-16-28)24-35(23-31)37-36-25-33(29-17-9-3-10-18-29)22-34(26-36)30-19-11-4-12-20-30/h1-26H. The van der Waals surface area contributed by atoms with Gasteiger partial charge < -0.3 is 4.74 Å². The second-order valence-corrected chi connectivity index (χ2v) is 9.06. The molecule has 176 valence electrons. The molecular formula is C36H26O. The Labute approximate surface area is 218 Å². The fourth-order valence-corrected chi connectivity index (χ4v) is 4.64. The van der Waals surface area contributed by atoms with Crippen LogP contribution in [0, 0.1) is 0 Å². The maximum absolute atomic E-state index is 6.63. The summed E-state index contributed by atoms with van der Waals surface area (Å²) >= 11 is 0. The van der Waals surface area contributed by atoms with E-state index in [1.54, 1.807) is 0 Å². The topological polar surface area (TPSA) is 9.23 Å². The minimum atomic E-state index is 0.810. The van der Waals surface area contributed by atoms with E-state index < -0.39 is 0 Å². The van der Waals surface area contributed by atoms with Gasteiger partial charge in [-0.15, -0.1) is 0 Å². The van der Waals surface area contributed by atoms with Gasteiger partial charge >= 0.3 is 0 Å². The van der Waals surface area contributed by atoms with Gasteiger partial charge in [-0.25, -0.2) is 0 Å². The van der Waals surface area contributed by atoms with E-state index in [2.05, 4.69) is 133 Å². The molecule has 0 aliphatic carbocycles. The van der Waals surface area contributed by atoms with E-state index in [0.29, 0.717) is 0 Å². The molecule has 0 spiro atoms. The van der Waals surface area contributed by atoms with Crippen LogP contribution in [0.2, 0.25) is 0 Å². The number of hydrogen-bond acceptors (Lipinski definition) is 1. The minimum Gasteiger partial charge on any atom is -0.457 e. The lowest BCUT2D eigenvalue weighted by atomic mass is 9.98. The molecule has 1 heteroatoms. The number of hydrogen-bond donors (Lipinski definition) is 0. The lowest BCUT2D eigenvalue weighted by Gasteiger charge is -2.14. The summed E-state index contributed by atoms with van der Waals surface area (Å²) in [5, 5.41) is 0. The molecule has 6 aromatic rings. The van der Waals surface area contributed by atoms with Crippen molar-refractivity contribution in [3.63, 3.8) is 0 Å². The van der Waals surface area contributed by atoms with E-state index in [4.69, 9.17) is 4.74 Å². The first kappa shape index (κ1) is 22.6. The molecule has 6 aromatic carbocycles. The molecule has 0 unspecified atom stereocenters. The monoisotopic (exact) mass is 474 g/mol. The number of benzene rings is 6. The lowest BCUT2D eigenvalue weighted by molar-refractivity contribution is 0.483. The predicted molar refractivity (Wildman–Crippen MR) is 155 cm³/mol. The van der Waals surface area contributed by atoms with Crippen LogP contribution in [0.1, 0.15) is 0 Å². The molecule has 0 radical (unpaired) electrons. The molecule has 0 amide bonds. The van der Waals surface area contributed by atoms with E-state index in [-0.39, 0.29) is 0 Å². The molecule has 1 nitrogen and oxygen atoms in total. The van der Waals surface area contributed by atoms with Gasteiger partial charge in [0.2, 0.25) is 0 Å². The summed E-state index contributed by atoms with van der Waals surface area (Å²) in [6.45, 7) is 0. The molecular weight excluding hydrogens is 448 g/mol. The van der Waals surface area contributed by atoms with Crippen molar-refractivity contribution in [3.8, 4) is 56.0 Å². The summed E-state index contributed by atoms with van der Waals surface area (Å²) in [4.78, 5) is 0. The van der Waals surface area contributed by atoms with E-state index in [1.165, 1.54) is 0 Å². The van der Waals surface area contributed by atoms with Crippen molar-refractivity contribution in [2.24, 2.45) is 0 Å². The highest BCUT2D eigenvalue weighted by atomic mass is 16.5. The SMILES string of the molecule is c1ccc(-c2cc(Oc3cc(-c4ccccc4)cc(-c4ccccc4)c3)cc(-c3ccccc3)c2)cc1. The molecule has 6 rings (SSSR count). The molecule has 0 atom stereocenters. The van der Waals surface area contributed by atoms with Crippen molar-refractivity contribution >= 4 is 0 Å². The van der Waals surface area contributed by atoms with Crippen LogP contribution < -0.4 is 4.74 Å².